The molecule has 0 nitrogen and oxygen atoms in total. The van der Waals surface area contributed by atoms with Crippen LogP contribution in [0.2, 0.25) is 15.8 Å². The molecule has 0 saturated carbocycles. The van der Waals surface area contributed by atoms with Gasteiger partial charge in [0, 0.05) is 0 Å². The summed E-state index contributed by atoms with van der Waals surface area (Å²) >= 11 is 2.70. The molecule has 1 aromatic carbocycles. The number of benzene rings is 1. The minimum absolute atomic E-state index is 0.472. The number of rotatable bonds is 5. The van der Waals surface area contributed by atoms with Gasteiger partial charge in [-0.1, -0.05) is 0 Å². The third-order valence-electron chi connectivity index (χ3n) is 4.58. The first-order chi connectivity index (χ1) is 8.74. The summed E-state index contributed by atoms with van der Waals surface area (Å²) < 4.78 is 0.472. The fourth-order valence-corrected chi connectivity index (χ4v) is 23.9. The van der Waals surface area contributed by atoms with Gasteiger partial charge in [0.1, 0.15) is 0 Å². The summed E-state index contributed by atoms with van der Waals surface area (Å²) in [6.45, 7) is 7.37. The summed E-state index contributed by atoms with van der Waals surface area (Å²) in [5, 5.41) is 4.38. The zero-order chi connectivity index (χ0) is 13.1. The molecule has 0 N–H and O–H groups in total. The van der Waals surface area contributed by atoms with Crippen LogP contribution in [0.25, 0.3) is 0 Å². The van der Waals surface area contributed by atoms with Gasteiger partial charge in [-0.25, -0.2) is 0 Å². The van der Waals surface area contributed by atoms with Crippen LogP contribution in [0.3, 0.4) is 0 Å². The van der Waals surface area contributed by atoms with Gasteiger partial charge < -0.3 is 0 Å². The Kier molecular flexibility index (Phi) is 5.18. The van der Waals surface area contributed by atoms with E-state index >= 15 is 0 Å². The molecule has 1 aliphatic heterocycles. The van der Waals surface area contributed by atoms with Gasteiger partial charge in [0.25, 0.3) is 0 Å². The zero-order valence-corrected chi connectivity index (χ0v) is 15.5. The molecule has 1 saturated heterocycles. The summed E-state index contributed by atoms with van der Waals surface area (Å²) in [7, 11) is 0. The second-order valence-electron chi connectivity index (χ2n) is 5.02. The molecule has 0 aromatic heterocycles. The molecular weight excluding hydrogens is 317 g/mol. The normalized spacial score (nSPS) is 19.1. The summed E-state index contributed by atoms with van der Waals surface area (Å²) in [6, 6.07) is 11.4. The molecule has 1 heterocycles. The summed E-state index contributed by atoms with van der Waals surface area (Å²) in [4.78, 5) is 0. The van der Waals surface area contributed by atoms with Gasteiger partial charge in [0.05, 0.1) is 0 Å². The molecule has 100 valence electrons. The van der Waals surface area contributed by atoms with Gasteiger partial charge in [-0.15, -0.1) is 0 Å². The predicted molar refractivity (Wildman–Crippen MR) is 90.2 cm³/mol. The van der Waals surface area contributed by atoms with E-state index in [1.807, 2.05) is 0 Å². The Morgan fingerprint density at radius 1 is 0.944 bits per heavy atom. The summed E-state index contributed by atoms with van der Waals surface area (Å²) in [6.07, 6.45) is 0. The maximum absolute atomic E-state index is 2.46. The van der Waals surface area contributed by atoms with E-state index in [0.29, 0.717) is 2.91 Å². The predicted octanol–water partition coefficient (Wildman–Crippen LogP) is 5.37. The molecule has 0 unspecified atom stereocenters. The number of hydrogen-bond acceptors (Lipinski definition) is 2. The van der Waals surface area contributed by atoms with Crippen LogP contribution in [0.4, 0.5) is 0 Å². The molecule has 1 aromatic rings. The van der Waals surface area contributed by atoms with Crippen LogP contribution in [-0.2, 0) is 2.91 Å². The van der Waals surface area contributed by atoms with E-state index in [1.54, 1.807) is 5.56 Å². The summed E-state index contributed by atoms with van der Waals surface area (Å²) in [5.74, 6) is 2.68. The monoisotopic (exact) mass is 342 g/mol. The van der Waals surface area contributed by atoms with Crippen molar-refractivity contribution in [2.45, 2.75) is 39.4 Å². The van der Waals surface area contributed by atoms with E-state index in [4.69, 9.17) is 0 Å². The topological polar surface area (TPSA) is 0 Å². The van der Waals surface area contributed by atoms with Crippen molar-refractivity contribution in [1.82, 2.24) is 0 Å². The molecule has 0 bridgehead atoms. The van der Waals surface area contributed by atoms with Gasteiger partial charge in [-0.2, -0.15) is 0 Å². The Morgan fingerprint density at radius 2 is 1.44 bits per heavy atom. The summed E-state index contributed by atoms with van der Waals surface area (Å²) in [5.41, 5.74) is 1.61. The second kappa shape index (κ2) is 6.28. The van der Waals surface area contributed by atoms with Crippen LogP contribution < -0.4 is 0 Å². The van der Waals surface area contributed by atoms with Crippen molar-refractivity contribution in [3.8, 4) is 0 Å². The van der Waals surface area contributed by atoms with Crippen molar-refractivity contribution in [2.75, 3.05) is 11.5 Å². The Hall–Kier alpha value is 0.463. The van der Waals surface area contributed by atoms with Crippen LogP contribution in [0.5, 0.6) is 0 Å². The second-order valence-corrected chi connectivity index (χ2v) is 20.8. The van der Waals surface area contributed by atoms with E-state index in [2.05, 4.69) is 74.6 Å². The Morgan fingerprint density at radius 3 is 1.89 bits per heavy atom. The fourth-order valence-electron chi connectivity index (χ4n) is 3.30. The molecule has 1 fully saturated rings. The van der Waals surface area contributed by atoms with Crippen molar-refractivity contribution in [3.05, 3.63) is 35.9 Å². The van der Waals surface area contributed by atoms with Crippen molar-refractivity contribution in [2.24, 2.45) is 0 Å². The number of thioether (sulfide) groups is 2. The molecule has 18 heavy (non-hydrogen) atoms. The van der Waals surface area contributed by atoms with Crippen molar-refractivity contribution >= 4 is 36.8 Å². The van der Waals surface area contributed by atoms with E-state index in [0.717, 1.165) is 0 Å². The fraction of sp³-hybridized carbons (Fsp3) is 0.600. The van der Waals surface area contributed by atoms with Gasteiger partial charge in [-0.3, -0.25) is 0 Å². The standard InChI is InChI=1S/C15H24GeS2/c1-4-16(5-2,6-3)15(17-12-13-18-15)14-10-8-7-9-11-14/h7-11H,4-6,12-13H2,1-3H3. The van der Waals surface area contributed by atoms with Crippen molar-refractivity contribution in [3.63, 3.8) is 0 Å². The van der Waals surface area contributed by atoms with Crippen molar-refractivity contribution in [1.29, 1.82) is 0 Å². The molecule has 0 aliphatic carbocycles. The van der Waals surface area contributed by atoms with Gasteiger partial charge in [-0.05, 0) is 0 Å². The Bertz CT molecular complexity index is 359. The quantitative estimate of drug-likeness (QED) is 0.661. The molecule has 0 atom stereocenters. The van der Waals surface area contributed by atoms with Gasteiger partial charge in [0.2, 0.25) is 0 Å². The average Bonchev–Trinajstić information content (AvgIpc) is 2.94. The molecule has 0 amide bonds. The molecule has 3 heteroatoms. The molecular formula is C15H24GeS2. The molecule has 2 rings (SSSR count). The van der Waals surface area contributed by atoms with Gasteiger partial charge in [0.15, 0.2) is 0 Å². The van der Waals surface area contributed by atoms with E-state index < -0.39 is 13.3 Å². The third-order valence-corrected chi connectivity index (χ3v) is 26.0. The Labute approximate surface area is 123 Å². The first-order valence-electron chi connectivity index (χ1n) is 7.08. The molecule has 0 spiro atoms. The maximum atomic E-state index is 2.46. The van der Waals surface area contributed by atoms with Crippen LogP contribution in [0.15, 0.2) is 30.3 Å². The zero-order valence-electron chi connectivity index (χ0n) is 11.7. The minimum atomic E-state index is -1.84. The van der Waals surface area contributed by atoms with Crippen LogP contribution in [0.1, 0.15) is 26.3 Å². The van der Waals surface area contributed by atoms with E-state index in [9.17, 15) is 0 Å². The molecule has 1 aliphatic rings. The first kappa shape index (κ1) is 14.9. The first-order valence-corrected chi connectivity index (χ1v) is 14.5. The van der Waals surface area contributed by atoms with Crippen molar-refractivity contribution < 1.29 is 0 Å². The Balaban J connectivity index is 2.50. The van der Waals surface area contributed by atoms with E-state index in [1.165, 1.54) is 27.3 Å². The third kappa shape index (κ3) is 2.29. The van der Waals surface area contributed by atoms with Gasteiger partial charge >= 0.3 is 124 Å². The number of hydrogen-bond donors (Lipinski definition) is 0. The molecule has 0 radical (unpaired) electrons. The average molecular weight is 341 g/mol. The van der Waals surface area contributed by atoms with Crippen LogP contribution in [0, 0.1) is 0 Å². The van der Waals surface area contributed by atoms with Crippen LogP contribution in [-0.4, -0.2) is 24.8 Å². The SMILES string of the molecule is C[CH2][Ge]([CH2]C)([CH2]C)[C]1(c2ccccc2)SCCS1. The van der Waals surface area contributed by atoms with E-state index in [-0.39, 0.29) is 0 Å². The van der Waals surface area contributed by atoms with Crippen LogP contribution >= 0.6 is 23.5 Å².